The molecule has 14 heavy (non-hydrogen) atoms. The molecule has 0 saturated heterocycles. The normalized spacial score (nSPS) is 11.0. The van der Waals surface area contributed by atoms with Gasteiger partial charge in [0.2, 0.25) is 0 Å². The molecule has 2 heterocycles. The van der Waals surface area contributed by atoms with Crippen molar-refractivity contribution >= 4 is 18.0 Å². The van der Waals surface area contributed by atoms with E-state index in [1.165, 1.54) is 10.6 Å². The highest BCUT2D eigenvalue weighted by Crippen LogP contribution is 2.04. The van der Waals surface area contributed by atoms with Gasteiger partial charge in [-0.25, -0.2) is 13.9 Å². The number of nitrogens with one attached hydrogen (secondary N) is 1. The number of H-pyrrole nitrogens is 1. The standard InChI is InChI=1S/C7H7FN4OS/c8-2-4-1-6(14)12-7(9-4)10-5(3-13)11-12/h1,13H,2-3H2,(H,9,10,11). The SMILES string of the molecule is OCc1nc2nc(CF)cc(=S)n2[nH]1. The topological polar surface area (TPSA) is 66.2 Å². The first kappa shape index (κ1) is 9.22. The summed E-state index contributed by atoms with van der Waals surface area (Å²) in [6, 6.07) is 1.45. The van der Waals surface area contributed by atoms with Gasteiger partial charge in [0, 0.05) is 0 Å². The molecule has 0 bridgehead atoms. The zero-order valence-electron chi connectivity index (χ0n) is 7.07. The maximum Gasteiger partial charge on any atom is 0.252 e. The van der Waals surface area contributed by atoms with Crippen LogP contribution in [0.1, 0.15) is 11.5 Å². The molecule has 0 aliphatic carbocycles. The van der Waals surface area contributed by atoms with Crippen LogP contribution in [0.25, 0.3) is 5.78 Å². The molecule has 2 N–H and O–H groups in total. The fourth-order valence-corrected chi connectivity index (χ4v) is 1.37. The van der Waals surface area contributed by atoms with Gasteiger partial charge in [-0.2, -0.15) is 4.98 Å². The lowest BCUT2D eigenvalue weighted by molar-refractivity contribution is 0.271. The summed E-state index contributed by atoms with van der Waals surface area (Å²) in [5.41, 5.74) is 0.242. The number of hydrogen-bond donors (Lipinski definition) is 2. The molecule has 0 saturated carbocycles. The fraction of sp³-hybridized carbons (Fsp3) is 0.286. The third-order valence-electron chi connectivity index (χ3n) is 1.72. The Labute approximate surface area is 83.2 Å². The predicted molar refractivity (Wildman–Crippen MR) is 48.9 cm³/mol. The zero-order valence-corrected chi connectivity index (χ0v) is 7.88. The van der Waals surface area contributed by atoms with Gasteiger partial charge < -0.3 is 5.11 Å². The number of aromatic nitrogens is 4. The van der Waals surface area contributed by atoms with Crippen LogP contribution in [0.2, 0.25) is 0 Å². The summed E-state index contributed by atoms with van der Waals surface area (Å²) in [7, 11) is 0. The Morgan fingerprint density at radius 3 is 3.00 bits per heavy atom. The molecule has 74 valence electrons. The number of hydrogen-bond acceptors (Lipinski definition) is 4. The molecule has 0 atom stereocenters. The Kier molecular flexibility index (Phi) is 2.26. The first-order valence-electron chi connectivity index (χ1n) is 3.89. The quantitative estimate of drug-likeness (QED) is 0.724. The van der Waals surface area contributed by atoms with Gasteiger partial charge in [0.15, 0.2) is 5.82 Å². The number of nitrogens with zero attached hydrogens (tertiary/aromatic N) is 3. The predicted octanol–water partition coefficient (Wildman–Crippen LogP) is 0.749. The van der Waals surface area contributed by atoms with Crippen LogP contribution >= 0.6 is 12.2 Å². The van der Waals surface area contributed by atoms with Crippen molar-refractivity contribution in [2.45, 2.75) is 13.3 Å². The summed E-state index contributed by atoms with van der Waals surface area (Å²) >= 11 is 4.97. The van der Waals surface area contributed by atoms with Crippen LogP contribution in [0.4, 0.5) is 4.39 Å². The Hall–Kier alpha value is -1.34. The third-order valence-corrected chi connectivity index (χ3v) is 2.02. The second-order valence-electron chi connectivity index (χ2n) is 2.68. The van der Waals surface area contributed by atoms with Gasteiger partial charge in [0.1, 0.15) is 17.9 Å². The van der Waals surface area contributed by atoms with Crippen LogP contribution in [0.3, 0.4) is 0 Å². The molecular formula is C7H7FN4OS. The van der Waals surface area contributed by atoms with Crippen LogP contribution in [0.5, 0.6) is 0 Å². The van der Waals surface area contributed by atoms with Crippen molar-refractivity contribution in [3.8, 4) is 0 Å². The lowest BCUT2D eigenvalue weighted by Crippen LogP contribution is -1.96. The van der Waals surface area contributed by atoms with Crippen molar-refractivity contribution in [3.63, 3.8) is 0 Å². The molecule has 2 rings (SSSR count). The second kappa shape index (κ2) is 3.43. The molecule has 5 nitrogen and oxygen atoms in total. The highest BCUT2D eigenvalue weighted by molar-refractivity contribution is 7.71. The fourth-order valence-electron chi connectivity index (χ4n) is 1.11. The van der Waals surface area contributed by atoms with E-state index >= 15 is 0 Å². The molecule has 0 aliphatic rings. The molecule has 0 spiro atoms. The first-order valence-corrected chi connectivity index (χ1v) is 4.30. The minimum atomic E-state index is -0.679. The molecule has 0 aromatic carbocycles. The van der Waals surface area contributed by atoms with Gasteiger partial charge in [-0.15, -0.1) is 0 Å². The van der Waals surface area contributed by atoms with E-state index in [9.17, 15) is 4.39 Å². The van der Waals surface area contributed by atoms with Crippen molar-refractivity contribution < 1.29 is 9.50 Å². The van der Waals surface area contributed by atoms with E-state index in [4.69, 9.17) is 17.3 Å². The van der Waals surface area contributed by atoms with Crippen LogP contribution in [0, 0.1) is 4.64 Å². The number of halogens is 1. The van der Waals surface area contributed by atoms with E-state index in [-0.39, 0.29) is 18.1 Å². The molecule has 0 amide bonds. The lowest BCUT2D eigenvalue weighted by atomic mass is 10.4. The van der Waals surface area contributed by atoms with Crippen molar-refractivity contribution in [1.29, 1.82) is 0 Å². The summed E-state index contributed by atoms with van der Waals surface area (Å²) in [6.45, 7) is -0.912. The molecule has 0 fully saturated rings. The van der Waals surface area contributed by atoms with Crippen molar-refractivity contribution in [3.05, 3.63) is 22.2 Å². The van der Waals surface area contributed by atoms with Crippen molar-refractivity contribution in [2.24, 2.45) is 0 Å². The molecule has 0 aliphatic heterocycles. The van der Waals surface area contributed by atoms with Crippen molar-refractivity contribution in [2.75, 3.05) is 0 Å². The van der Waals surface area contributed by atoms with Crippen LogP contribution in [0.15, 0.2) is 6.07 Å². The largest absolute Gasteiger partial charge is 0.388 e. The van der Waals surface area contributed by atoms with Crippen LogP contribution in [-0.2, 0) is 13.3 Å². The number of aliphatic hydroxyl groups excluding tert-OH is 1. The van der Waals surface area contributed by atoms with E-state index in [0.29, 0.717) is 10.5 Å². The van der Waals surface area contributed by atoms with Gasteiger partial charge in [-0.3, -0.25) is 5.10 Å². The summed E-state index contributed by atoms with van der Waals surface area (Å²) in [5.74, 6) is 0.619. The zero-order chi connectivity index (χ0) is 10.1. The number of aliphatic hydroxyl groups is 1. The Balaban J connectivity index is 2.73. The van der Waals surface area contributed by atoms with E-state index in [1.54, 1.807) is 0 Å². The summed E-state index contributed by atoms with van der Waals surface area (Å²) in [4.78, 5) is 7.80. The van der Waals surface area contributed by atoms with Gasteiger partial charge in [-0.05, 0) is 6.07 Å². The van der Waals surface area contributed by atoms with E-state index in [1.807, 2.05) is 0 Å². The minimum Gasteiger partial charge on any atom is -0.388 e. The van der Waals surface area contributed by atoms with E-state index in [0.717, 1.165) is 0 Å². The molecule has 0 radical (unpaired) electrons. The molecule has 2 aromatic heterocycles. The molecule has 7 heteroatoms. The maximum atomic E-state index is 12.3. The highest BCUT2D eigenvalue weighted by Gasteiger charge is 2.04. The monoisotopic (exact) mass is 214 g/mol. The van der Waals surface area contributed by atoms with E-state index in [2.05, 4.69) is 15.1 Å². The second-order valence-corrected chi connectivity index (χ2v) is 3.10. The Morgan fingerprint density at radius 1 is 1.57 bits per heavy atom. The molecule has 2 aromatic rings. The summed E-state index contributed by atoms with van der Waals surface area (Å²) in [6.07, 6.45) is 0. The molecular weight excluding hydrogens is 207 g/mol. The Bertz CT molecular complexity index is 520. The number of rotatable bonds is 2. The number of alkyl halides is 1. The van der Waals surface area contributed by atoms with Crippen LogP contribution in [-0.4, -0.2) is 24.7 Å². The molecule has 0 unspecified atom stereocenters. The third kappa shape index (κ3) is 1.40. The Morgan fingerprint density at radius 2 is 2.36 bits per heavy atom. The summed E-state index contributed by atoms with van der Waals surface area (Å²) < 4.78 is 14.1. The van der Waals surface area contributed by atoms with E-state index < -0.39 is 6.67 Å². The minimum absolute atomic E-state index is 0.233. The number of aromatic amines is 1. The smallest absolute Gasteiger partial charge is 0.252 e. The lowest BCUT2D eigenvalue weighted by Gasteiger charge is -1.94. The maximum absolute atomic E-state index is 12.3. The number of fused-ring (bicyclic) bond motifs is 1. The van der Waals surface area contributed by atoms with Gasteiger partial charge in [0.05, 0.1) is 5.69 Å². The van der Waals surface area contributed by atoms with Gasteiger partial charge in [0.25, 0.3) is 5.78 Å². The average Bonchev–Trinajstić information content (AvgIpc) is 2.61. The van der Waals surface area contributed by atoms with Crippen molar-refractivity contribution in [1.82, 2.24) is 19.6 Å². The van der Waals surface area contributed by atoms with Gasteiger partial charge >= 0.3 is 0 Å². The average molecular weight is 214 g/mol. The van der Waals surface area contributed by atoms with Crippen LogP contribution < -0.4 is 0 Å². The summed E-state index contributed by atoms with van der Waals surface area (Å²) in [5, 5.41) is 11.5. The highest BCUT2D eigenvalue weighted by atomic mass is 32.1. The first-order chi connectivity index (χ1) is 6.74. The van der Waals surface area contributed by atoms with Gasteiger partial charge in [-0.1, -0.05) is 12.2 Å².